The van der Waals surface area contributed by atoms with Crippen molar-refractivity contribution < 1.29 is 12.8 Å². The van der Waals surface area contributed by atoms with E-state index >= 15 is 0 Å². The molecule has 1 N–H and O–H groups in total. The number of nitrogens with one attached hydrogen (secondary N) is 1. The van der Waals surface area contributed by atoms with Crippen molar-refractivity contribution in [2.45, 2.75) is 24.6 Å². The van der Waals surface area contributed by atoms with Gasteiger partial charge in [-0.1, -0.05) is 0 Å². The SMILES string of the molecule is Cn1nccc1-c1ccc(CNS(=O)(=O)C2CC2)o1. The first-order valence-corrected chi connectivity index (χ1v) is 7.66. The van der Waals surface area contributed by atoms with Gasteiger partial charge in [-0.3, -0.25) is 4.68 Å². The number of aryl methyl sites for hydroxylation is 1. The van der Waals surface area contributed by atoms with Crippen LogP contribution < -0.4 is 4.72 Å². The average Bonchev–Trinajstić information content (AvgIpc) is 3.00. The predicted octanol–water partition coefficient (Wildman–Crippen LogP) is 1.26. The van der Waals surface area contributed by atoms with Gasteiger partial charge in [0.05, 0.1) is 11.8 Å². The lowest BCUT2D eigenvalue weighted by molar-refractivity contribution is 0.505. The third-order valence-corrected chi connectivity index (χ3v) is 5.04. The van der Waals surface area contributed by atoms with Gasteiger partial charge in [-0.15, -0.1) is 0 Å². The van der Waals surface area contributed by atoms with Crippen LogP contribution in [0.25, 0.3) is 11.5 Å². The Morgan fingerprint density at radius 3 is 2.84 bits per heavy atom. The normalized spacial score (nSPS) is 15.8. The summed E-state index contributed by atoms with van der Waals surface area (Å²) < 4.78 is 33.3. The molecule has 0 bridgehead atoms. The van der Waals surface area contributed by atoms with Crippen LogP contribution in [0.15, 0.2) is 28.8 Å². The third-order valence-electron chi connectivity index (χ3n) is 3.15. The van der Waals surface area contributed by atoms with E-state index in [2.05, 4.69) is 9.82 Å². The maximum atomic E-state index is 11.7. The number of furan rings is 1. The highest BCUT2D eigenvalue weighted by Crippen LogP contribution is 2.28. The first kappa shape index (κ1) is 12.4. The molecule has 7 heteroatoms. The summed E-state index contributed by atoms with van der Waals surface area (Å²) in [5, 5.41) is 3.85. The maximum Gasteiger partial charge on any atom is 0.214 e. The Kier molecular flexibility index (Phi) is 2.94. The number of hydrogen-bond donors (Lipinski definition) is 1. The molecule has 2 heterocycles. The smallest absolute Gasteiger partial charge is 0.214 e. The standard InChI is InChI=1S/C12H15N3O3S/c1-15-11(6-7-13-15)12-5-2-9(18-12)8-14-19(16,17)10-3-4-10/h2,5-7,10,14H,3-4,8H2,1H3. The monoisotopic (exact) mass is 281 g/mol. The van der Waals surface area contributed by atoms with E-state index in [1.807, 2.05) is 19.2 Å². The Balaban J connectivity index is 1.70. The van der Waals surface area contributed by atoms with Crippen LogP contribution in [0.5, 0.6) is 0 Å². The zero-order valence-corrected chi connectivity index (χ0v) is 11.4. The molecule has 0 unspecified atom stereocenters. The minimum atomic E-state index is -3.17. The fourth-order valence-corrected chi connectivity index (χ4v) is 3.23. The van der Waals surface area contributed by atoms with Gasteiger partial charge in [-0.05, 0) is 31.0 Å². The van der Waals surface area contributed by atoms with E-state index in [0.29, 0.717) is 11.5 Å². The minimum Gasteiger partial charge on any atom is -0.458 e. The van der Waals surface area contributed by atoms with Crippen LogP contribution >= 0.6 is 0 Å². The Morgan fingerprint density at radius 1 is 1.42 bits per heavy atom. The van der Waals surface area contributed by atoms with Crippen LogP contribution in [0.3, 0.4) is 0 Å². The molecule has 0 radical (unpaired) electrons. The molecule has 2 aromatic rings. The molecule has 0 saturated heterocycles. The van der Waals surface area contributed by atoms with Crippen molar-refractivity contribution in [3.63, 3.8) is 0 Å². The molecule has 0 aromatic carbocycles. The van der Waals surface area contributed by atoms with Crippen LogP contribution in [-0.4, -0.2) is 23.4 Å². The van der Waals surface area contributed by atoms with Crippen molar-refractivity contribution in [1.82, 2.24) is 14.5 Å². The highest BCUT2D eigenvalue weighted by Gasteiger charge is 2.35. The van der Waals surface area contributed by atoms with Gasteiger partial charge in [0.2, 0.25) is 10.0 Å². The lowest BCUT2D eigenvalue weighted by atomic mass is 10.3. The molecule has 1 aliphatic rings. The fourth-order valence-electron chi connectivity index (χ4n) is 1.89. The molecule has 3 rings (SSSR count). The molecular weight excluding hydrogens is 266 g/mol. The molecule has 0 spiro atoms. The fraction of sp³-hybridized carbons (Fsp3) is 0.417. The lowest BCUT2D eigenvalue weighted by Crippen LogP contribution is -2.26. The molecule has 0 aliphatic heterocycles. The second-order valence-corrected chi connectivity index (χ2v) is 6.72. The summed E-state index contributed by atoms with van der Waals surface area (Å²) in [6, 6.07) is 5.44. The van der Waals surface area contributed by atoms with Crippen molar-refractivity contribution in [3.8, 4) is 11.5 Å². The second-order valence-electron chi connectivity index (χ2n) is 4.67. The van der Waals surface area contributed by atoms with Gasteiger partial charge >= 0.3 is 0 Å². The Morgan fingerprint density at radius 2 is 2.21 bits per heavy atom. The van der Waals surface area contributed by atoms with Crippen LogP contribution in [0.1, 0.15) is 18.6 Å². The van der Waals surface area contributed by atoms with Gasteiger partial charge < -0.3 is 4.42 Å². The van der Waals surface area contributed by atoms with Crippen molar-refractivity contribution in [3.05, 3.63) is 30.2 Å². The first-order chi connectivity index (χ1) is 9.06. The predicted molar refractivity (Wildman–Crippen MR) is 69.7 cm³/mol. The van der Waals surface area contributed by atoms with Gasteiger partial charge in [0, 0.05) is 13.2 Å². The summed E-state index contributed by atoms with van der Waals surface area (Å²) in [6.45, 7) is 0.191. The molecular formula is C12H15N3O3S. The van der Waals surface area contributed by atoms with Crippen molar-refractivity contribution in [2.24, 2.45) is 7.05 Å². The van der Waals surface area contributed by atoms with Gasteiger partial charge in [0.25, 0.3) is 0 Å². The average molecular weight is 281 g/mol. The molecule has 2 aromatic heterocycles. The van der Waals surface area contributed by atoms with Crippen LogP contribution in [0.4, 0.5) is 0 Å². The summed E-state index contributed by atoms with van der Waals surface area (Å²) in [7, 11) is -1.34. The van der Waals surface area contributed by atoms with Gasteiger partial charge in [-0.25, -0.2) is 13.1 Å². The molecule has 0 amide bonds. The topological polar surface area (TPSA) is 77.1 Å². The molecule has 102 valence electrons. The van der Waals surface area contributed by atoms with Gasteiger partial charge in [0.15, 0.2) is 5.76 Å². The summed E-state index contributed by atoms with van der Waals surface area (Å²) in [5.74, 6) is 1.28. The Bertz CT molecular complexity index is 683. The summed E-state index contributed by atoms with van der Waals surface area (Å²) in [6.07, 6.45) is 3.20. The Labute approximate surface area is 111 Å². The summed E-state index contributed by atoms with van der Waals surface area (Å²) >= 11 is 0. The van der Waals surface area contributed by atoms with E-state index in [1.54, 1.807) is 16.9 Å². The molecule has 19 heavy (non-hydrogen) atoms. The molecule has 1 aliphatic carbocycles. The Hall–Kier alpha value is -1.60. The van der Waals surface area contributed by atoms with E-state index < -0.39 is 10.0 Å². The van der Waals surface area contributed by atoms with Crippen LogP contribution in [0, 0.1) is 0 Å². The minimum absolute atomic E-state index is 0.191. The number of hydrogen-bond acceptors (Lipinski definition) is 4. The maximum absolute atomic E-state index is 11.7. The molecule has 1 saturated carbocycles. The van der Waals surface area contributed by atoms with Crippen LogP contribution in [-0.2, 0) is 23.6 Å². The van der Waals surface area contributed by atoms with Crippen molar-refractivity contribution >= 4 is 10.0 Å². The van der Waals surface area contributed by atoms with E-state index in [4.69, 9.17) is 4.42 Å². The van der Waals surface area contributed by atoms with E-state index in [1.165, 1.54) is 0 Å². The van der Waals surface area contributed by atoms with Crippen molar-refractivity contribution in [2.75, 3.05) is 0 Å². The molecule has 0 atom stereocenters. The highest BCUT2D eigenvalue weighted by atomic mass is 32.2. The number of rotatable bonds is 5. The molecule has 1 fully saturated rings. The second kappa shape index (κ2) is 4.50. The van der Waals surface area contributed by atoms with E-state index in [-0.39, 0.29) is 11.8 Å². The third kappa shape index (κ3) is 2.57. The van der Waals surface area contributed by atoms with E-state index in [0.717, 1.165) is 18.5 Å². The number of sulfonamides is 1. The number of nitrogens with zero attached hydrogens (tertiary/aromatic N) is 2. The molecule has 6 nitrogen and oxygen atoms in total. The lowest BCUT2D eigenvalue weighted by Gasteiger charge is -2.03. The van der Waals surface area contributed by atoms with E-state index in [9.17, 15) is 8.42 Å². The van der Waals surface area contributed by atoms with Crippen molar-refractivity contribution in [1.29, 1.82) is 0 Å². The largest absolute Gasteiger partial charge is 0.458 e. The first-order valence-electron chi connectivity index (χ1n) is 6.12. The summed E-state index contributed by atoms with van der Waals surface area (Å²) in [4.78, 5) is 0. The quantitative estimate of drug-likeness (QED) is 0.895. The highest BCUT2D eigenvalue weighted by molar-refractivity contribution is 7.90. The zero-order chi connectivity index (χ0) is 13.5. The van der Waals surface area contributed by atoms with Crippen LogP contribution in [0.2, 0.25) is 0 Å². The zero-order valence-electron chi connectivity index (χ0n) is 10.5. The number of aromatic nitrogens is 2. The van der Waals surface area contributed by atoms with Gasteiger partial charge in [-0.2, -0.15) is 5.10 Å². The summed E-state index contributed by atoms with van der Waals surface area (Å²) in [5.41, 5.74) is 0.858. The van der Waals surface area contributed by atoms with Gasteiger partial charge in [0.1, 0.15) is 11.5 Å².